The fraction of sp³-hybridized carbons (Fsp3) is 0.231. The van der Waals surface area contributed by atoms with Crippen molar-refractivity contribution in [2.24, 2.45) is 0 Å². The van der Waals surface area contributed by atoms with Crippen molar-refractivity contribution in [3.63, 3.8) is 0 Å². The molecule has 2 aliphatic rings. The van der Waals surface area contributed by atoms with E-state index in [1.807, 2.05) is 36.6 Å². The Labute approximate surface area is 201 Å². The van der Waals surface area contributed by atoms with Crippen molar-refractivity contribution in [2.45, 2.75) is 22.6 Å². The summed E-state index contributed by atoms with van der Waals surface area (Å²) in [5.41, 5.74) is 4.28. The van der Waals surface area contributed by atoms with E-state index >= 15 is 0 Å². The number of amides is 1. The molecule has 4 aromatic rings. The number of carbonyl (C=O) groups excluding carboxylic acids is 1. The molecule has 1 aromatic heterocycles. The third kappa shape index (κ3) is 3.05. The van der Waals surface area contributed by atoms with E-state index < -0.39 is 5.41 Å². The van der Waals surface area contributed by atoms with E-state index in [2.05, 4.69) is 45.1 Å². The first-order valence-corrected chi connectivity index (χ1v) is 12.3. The van der Waals surface area contributed by atoms with Crippen LogP contribution in [0.4, 0.5) is 17.2 Å². The largest absolute Gasteiger partial charge is 0.497 e. The van der Waals surface area contributed by atoms with Gasteiger partial charge in [0.25, 0.3) is 0 Å². The highest BCUT2D eigenvalue weighted by atomic mass is 32.2. The number of hydrogen-bond acceptors (Lipinski definition) is 6. The maximum Gasteiger partial charge on any atom is 0.235 e. The predicted octanol–water partition coefficient (Wildman–Crippen LogP) is 5.42. The van der Waals surface area contributed by atoms with Gasteiger partial charge in [-0.15, -0.1) is 11.8 Å². The number of methoxy groups -OCH3 is 2. The lowest BCUT2D eigenvalue weighted by Crippen LogP contribution is -2.21. The molecule has 3 N–H and O–H groups in total. The van der Waals surface area contributed by atoms with Crippen LogP contribution in [0.25, 0.3) is 10.9 Å². The minimum atomic E-state index is -0.523. The average molecular weight is 473 g/mol. The molecular weight excluding hydrogens is 448 g/mol. The fourth-order valence-corrected chi connectivity index (χ4v) is 5.51. The van der Waals surface area contributed by atoms with Crippen molar-refractivity contribution < 1.29 is 14.3 Å². The maximum absolute atomic E-state index is 13.0. The molecule has 34 heavy (non-hydrogen) atoms. The molecule has 3 aromatic carbocycles. The van der Waals surface area contributed by atoms with Gasteiger partial charge in [0.2, 0.25) is 5.91 Å². The molecular formula is C26H24N4O3S. The number of H-pyrrole nitrogens is 1. The van der Waals surface area contributed by atoms with Gasteiger partial charge in [0, 0.05) is 21.9 Å². The molecule has 1 aliphatic carbocycles. The molecule has 0 bridgehead atoms. The average Bonchev–Trinajstić information content (AvgIpc) is 3.42. The topological polar surface area (TPSA) is 88.3 Å². The zero-order valence-corrected chi connectivity index (χ0v) is 19.9. The number of nitrogens with zero attached hydrogens (tertiary/aromatic N) is 1. The highest BCUT2D eigenvalue weighted by molar-refractivity contribution is 7.98. The Balaban J connectivity index is 1.31. The highest BCUT2D eigenvalue weighted by Crippen LogP contribution is 2.65. The molecule has 172 valence electrons. The molecule has 1 amide bonds. The van der Waals surface area contributed by atoms with Gasteiger partial charge in [0.05, 0.1) is 30.8 Å². The van der Waals surface area contributed by atoms with Gasteiger partial charge in [-0.1, -0.05) is 6.07 Å². The molecule has 1 aliphatic heterocycles. The summed E-state index contributed by atoms with van der Waals surface area (Å²) >= 11 is 1.67. The van der Waals surface area contributed by atoms with Gasteiger partial charge in [0.1, 0.15) is 11.5 Å². The van der Waals surface area contributed by atoms with E-state index in [0.29, 0.717) is 0 Å². The van der Waals surface area contributed by atoms with Crippen molar-refractivity contribution in [3.8, 4) is 11.5 Å². The lowest BCUT2D eigenvalue weighted by Gasteiger charge is -2.11. The Morgan fingerprint density at radius 1 is 1.09 bits per heavy atom. The Morgan fingerprint density at radius 3 is 2.76 bits per heavy atom. The molecule has 6 rings (SSSR count). The molecule has 8 heteroatoms. The van der Waals surface area contributed by atoms with Gasteiger partial charge >= 0.3 is 0 Å². The second kappa shape index (κ2) is 7.70. The number of benzene rings is 3. The Bertz CT molecular complexity index is 1450. The number of carbonyl (C=O) groups is 1. The summed E-state index contributed by atoms with van der Waals surface area (Å²) in [5, 5.41) is 15.1. The summed E-state index contributed by atoms with van der Waals surface area (Å²) in [6.45, 7) is 0. The second-order valence-electron chi connectivity index (χ2n) is 8.66. The molecule has 0 radical (unpaired) electrons. The minimum Gasteiger partial charge on any atom is -0.497 e. The molecule has 0 saturated heterocycles. The second-order valence-corrected chi connectivity index (χ2v) is 9.54. The Hall–Kier alpha value is -3.65. The smallest absolute Gasteiger partial charge is 0.235 e. The number of anilines is 3. The van der Waals surface area contributed by atoms with Crippen LogP contribution in [0.15, 0.2) is 59.5 Å². The van der Waals surface area contributed by atoms with Crippen LogP contribution in [-0.4, -0.2) is 36.6 Å². The van der Waals surface area contributed by atoms with Crippen LogP contribution in [0.1, 0.15) is 23.5 Å². The van der Waals surface area contributed by atoms with Crippen molar-refractivity contribution in [1.29, 1.82) is 0 Å². The number of hydrogen-bond donors (Lipinski definition) is 3. The normalized spacial score (nSPS) is 20.3. The SMILES string of the molecule is COc1ccc2c(c1)[C@]1(CC1c1ccc3c(Nc4ccc(SC)cc4OC)n[nH]c3c1)C(=O)N2. The summed E-state index contributed by atoms with van der Waals surface area (Å²) in [4.78, 5) is 14.1. The van der Waals surface area contributed by atoms with E-state index in [1.54, 1.807) is 26.0 Å². The first kappa shape index (κ1) is 20.9. The first-order valence-electron chi connectivity index (χ1n) is 11.0. The van der Waals surface area contributed by atoms with Gasteiger partial charge in [0.15, 0.2) is 5.82 Å². The molecule has 1 fully saturated rings. The fourth-order valence-electron chi connectivity index (χ4n) is 5.08. The van der Waals surface area contributed by atoms with Crippen LogP contribution < -0.4 is 20.1 Å². The lowest BCUT2D eigenvalue weighted by molar-refractivity contribution is -0.118. The van der Waals surface area contributed by atoms with Gasteiger partial charge < -0.3 is 20.1 Å². The van der Waals surface area contributed by atoms with Crippen LogP contribution >= 0.6 is 11.8 Å². The molecule has 7 nitrogen and oxygen atoms in total. The summed E-state index contributed by atoms with van der Waals surface area (Å²) in [6.07, 6.45) is 2.82. The van der Waals surface area contributed by atoms with Crippen molar-refractivity contribution in [2.75, 3.05) is 31.1 Å². The predicted molar refractivity (Wildman–Crippen MR) is 135 cm³/mol. The number of aromatic amines is 1. The zero-order valence-electron chi connectivity index (χ0n) is 19.1. The molecule has 1 spiro atoms. The highest BCUT2D eigenvalue weighted by Gasteiger charge is 2.65. The standard InChI is InChI=1S/C26H24N4O3S/c1-32-15-5-8-20-18(11-15)26(25(31)28-20)13-19(26)14-4-7-17-22(10-14)29-30-24(17)27-21-9-6-16(34-3)12-23(21)33-2/h4-12,19H,13H2,1-3H3,(H,28,31)(H2,27,29,30)/t19?,26-/m0/s1. The quantitative estimate of drug-likeness (QED) is 0.325. The number of ether oxygens (including phenoxy) is 2. The first-order chi connectivity index (χ1) is 16.6. The zero-order chi connectivity index (χ0) is 23.4. The summed E-state index contributed by atoms with van der Waals surface area (Å²) < 4.78 is 11.0. The van der Waals surface area contributed by atoms with Crippen molar-refractivity contribution in [1.82, 2.24) is 10.2 Å². The lowest BCUT2D eigenvalue weighted by atomic mass is 9.91. The van der Waals surface area contributed by atoms with Gasteiger partial charge in [-0.05, 0) is 72.3 Å². The third-order valence-electron chi connectivity index (χ3n) is 6.97. The van der Waals surface area contributed by atoms with E-state index in [9.17, 15) is 4.79 Å². The van der Waals surface area contributed by atoms with Gasteiger partial charge in [-0.2, -0.15) is 5.10 Å². The Kier molecular flexibility index (Phi) is 4.74. The number of thioether (sulfide) groups is 1. The van der Waals surface area contributed by atoms with Crippen LogP contribution in [0, 0.1) is 0 Å². The molecule has 2 heterocycles. The monoisotopic (exact) mass is 472 g/mol. The summed E-state index contributed by atoms with van der Waals surface area (Å²) in [5.74, 6) is 2.44. The molecule has 2 atom stereocenters. The van der Waals surface area contributed by atoms with E-state index in [0.717, 1.165) is 62.0 Å². The molecule has 1 saturated carbocycles. The summed E-state index contributed by atoms with van der Waals surface area (Å²) in [6, 6.07) is 18.1. The number of aromatic nitrogens is 2. The summed E-state index contributed by atoms with van der Waals surface area (Å²) in [7, 11) is 3.31. The van der Waals surface area contributed by atoms with E-state index in [4.69, 9.17) is 9.47 Å². The van der Waals surface area contributed by atoms with Crippen LogP contribution in [0.2, 0.25) is 0 Å². The minimum absolute atomic E-state index is 0.0635. The van der Waals surface area contributed by atoms with E-state index in [-0.39, 0.29) is 11.8 Å². The van der Waals surface area contributed by atoms with Crippen LogP contribution in [0.3, 0.4) is 0 Å². The van der Waals surface area contributed by atoms with Gasteiger partial charge in [-0.3, -0.25) is 9.89 Å². The van der Waals surface area contributed by atoms with Gasteiger partial charge in [-0.25, -0.2) is 0 Å². The van der Waals surface area contributed by atoms with Crippen LogP contribution in [-0.2, 0) is 10.2 Å². The number of nitrogens with one attached hydrogen (secondary N) is 3. The van der Waals surface area contributed by atoms with E-state index in [1.165, 1.54) is 0 Å². The number of fused-ring (bicyclic) bond motifs is 3. The van der Waals surface area contributed by atoms with Crippen molar-refractivity contribution in [3.05, 3.63) is 65.7 Å². The number of rotatable bonds is 6. The maximum atomic E-state index is 13.0. The van der Waals surface area contributed by atoms with Crippen LogP contribution in [0.5, 0.6) is 11.5 Å². The van der Waals surface area contributed by atoms with Crippen molar-refractivity contribution >= 4 is 45.8 Å². The Morgan fingerprint density at radius 2 is 1.97 bits per heavy atom. The third-order valence-corrected chi connectivity index (χ3v) is 7.70. The molecule has 1 unspecified atom stereocenters.